The molecule has 1 fully saturated rings. The molecular weight excluding hydrogens is 537 g/mol. The molecule has 2 aliphatic rings. The Hall–Kier alpha value is -2.63. The second kappa shape index (κ2) is 10.2. The minimum absolute atomic E-state index is 0.0107. The summed E-state index contributed by atoms with van der Waals surface area (Å²) in [5.41, 5.74) is 3.71. The van der Waals surface area contributed by atoms with E-state index < -0.39 is 10.0 Å². The van der Waals surface area contributed by atoms with Crippen molar-refractivity contribution in [2.45, 2.75) is 50.1 Å². The van der Waals surface area contributed by atoms with Crippen LogP contribution in [-0.2, 0) is 23.0 Å². The summed E-state index contributed by atoms with van der Waals surface area (Å²) in [6.07, 6.45) is 3.75. The Morgan fingerprint density at radius 1 is 1.11 bits per heavy atom. The fourth-order valence-electron chi connectivity index (χ4n) is 5.43. The topological polar surface area (TPSA) is 83.8 Å². The molecule has 0 radical (unpaired) electrons. The number of nitrogens with one attached hydrogen (secondary N) is 2. The molecule has 38 heavy (non-hydrogen) atoms. The Morgan fingerprint density at radius 2 is 1.89 bits per heavy atom. The van der Waals surface area contributed by atoms with Gasteiger partial charge in [-0.1, -0.05) is 18.6 Å². The van der Waals surface area contributed by atoms with Gasteiger partial charge in [-0.15, -0.1) is 22.7 Å². The lowest BCUT2D eigenvalue weighted by molar-refractivity contribution is -0.895. The van der Waals surface area contributed by atoms with Gasteiger partial charge in [-0.3, -0.25) is 4.79 Å². The van der Waals surface area contributed by atoms with E-state index in [9.17, 15) is 13.2 Å². The maximum atomic E-state index is 13.4. The molecule has 2 aliphatic heterocycles. The minimum Gasteiger partial charge on any atom is -0.333 e. The first-order chi connectivity index (χ1) is 18.3. The summed E-state index contributed by atoms with van der Waals surface area (Å²) in [5, 5.41) is 4.89. The zero-order chi connectivity index (χ0) is 26.4. The average molecular weight is 568 g/mol. The number of benzene rings is 2. The largest absolute Gasteiger partial charge is 0.333 e. The number of thiazole rings is 1. The highest BCUT2D eigenvalue weighted by Gasteiger charge is 2.31. The van der Waals surface area contributed by atoms with Crippen LogP contribution in [-0.4, -0.2) is 49.8 Å². The highest BCUT2D eigenvalue weighted by atomic mass is 32.2. The molecule has 4 heterocycles. The molecule has 0 saturated carbocycles. The zero-order valence-corrected chi connectivity index (χ0v) is 23.9. The minimum atomic E-state index is -3.58. The van der Waals surface area contributed by atoms with Gasteiger partial charge in [0.15, 0.2) is 0 Å². The number of para-hydroxylation sites is 1. The molecule has 2 aromatic heterocycles. The second-order valence-corrected chi connectivity index (χ2v) is 14.3. The normalized spacial score (nSPS) is 20.4. The number of amides is 1. The maximum Gasteiger partial charge on any atom is 0.256 e. The van der Waals surface area contributed by atoms with Gasteiger partial charge in [0.1, 0.15) is 16.6 Å². The Kier molecular flexibility index (Phi) is 6.86. The van der Waals surface area contributed by atoms with Crippen LogP contribution in [0.4, 0.5) is 5.00 Å². The van der Waals surface area contributed by atoms with E-state index in [1.54, 1.807) is 51.2 Å². The molecule has 1 amide bonds. The summed E-state index contributed by atoms with van der Waals surface area (Å²) in [4.78, 5) is 21.3. The lowest BCUT2D eigenvalue weighted by atomic mass is 10.0. The van der Waals surface area contributed by atoms with Crippen molar-refractivity contribution in [3.05, 3.63) is 64.5 Å². The Balaban J connectivity index is 1.30. The van der Waals surface area contributed by atoms with Crippen LogP contribution in [0.1, 0.15) is 47.0 Å². The van der Waals surface area contributed by atoms with E-state index >= 15 is 0 Å². The third-order valence-electron chi connectivity index (χ3n) is 7.55. The fraction of sp³-hybridized carbons (Fsp3) is 0.357. The highest BCUT2D eigenvalue weighted by molar-refractivity contribution is 7.89. The fourth-order valence-corrected chi connectivity index (χ4v) is 9.60. The van der Waals surface area contributed by atoms with Crippen molar-refractivity contribution in [1.29, 1.82) is 0 Å². The summed E-state index contributed by atoms with van der Waals surface area (Å²) >= 11 is 3.28. The van der Waals surface area contributed by atoms with Crippen molar-refractivity contribution in [2.24, 2.45) is 0 Å². The van der Waals surface area contributed by atoms with Gasteiger partial charge in [-0.05, 0) is 61.7 Å². The van der Waals surface area contributed by atoms with Crippen molar-refractivity contribution in [3.63, 3.8) is 0 Å². The number of rotatable bonds is 5. The maximum absolute atomic E-state index is 13.4. The van der Waals surface area contributed by atoms with E-state index in [1.807, 2.05) is 25.1 Å². The summed E-state index contributed by atoms with van der Waals surface area (Å²) in [5.74, 6) is -0.248. The van der Waals surface area contributed by atoms with Crippen LogP contribution in [0.25, 0.3) is 20.8 Å². The standard InChI is InChI=1S/C28H30N4O3S3/c1-18-7-5-6-15-32(18)38(34,35)20-12-10-19(11-13-20)26(33)30-28-25(21-14-16-31(2)17-24(21)37-28)27-29-22-8-3-4-9-23(22)36-27/h3-4,8-13,18H,5-7,14-17H2,1-2H3,(H,30,33)/p+1. The van der Waals surface area contributed by atoms with Gasteiger partial charge < -0.3 is 10.2 Å². The molecule has 0 bridgehead atoms. The van der Waals surface area contributed by atoms with Crippen molar-refractivity contribution in [3.8, 4) is 10.6 Å². The van der Waals surface area contributed by atoms with Gasteiger partial charge in [0, 0.05) is 30.1 Å². The quantitative estimate of drug-likeness (QED) is 0.374. The van der Waals surface area contributed by atoms with Gasteiger partial charge in [0.25, 0.3) is 5.91 Å². The van der Waals surface area contributed by atoms with Gasteiger partial charge in [0.2, 0.25) is 10.0 Å². The molecule has 10 heteroatoms. The van der Waals surface area contributed by atoms with E-state index in [2.05, 4.69) is 18.4 Å². The average Bonchev–Trinajstić information content (AvgIpc) is 3.49. The number of anilines is 1. The van der Waals surface area contributed by atoms with Crippen LogP contribution in [0.2, 0.25) is 0 Å². The summed E-state index contributed by atoms with van der Waals surface area (Å²) in [6.45, 7) is 4.47. The molecule has 6 rings (SSSR count). The van der Waals surface area contributed by atoms with Crippen molar-refractivity contribution < 1.29 is 18.1 Å². The van der Waals surface area contributed by atoms with Crippen LogP contribution in [0, 0.1) is 0 Å². The molecular formula is C28H31N4O3S3+. The monoisotopic (exact) mass is 567 g/mol. The number of sulfonamides is 1. The van der Waals surface area contributed by atoms with E-state index in [4.69, 9.17) is 4.98 Å². The third kappa shape index (κ3) is 4.69. The van der Waals surface area contributed by atoms with E-state index in [-0.39, 0.29) is 16.8 Å². The summed E-state index contributed by atoms with van der Waals surface area (Å²) < 4.78 is 29.1. The number of likely N-dealkylation sites (N-methyl/N-ethyl adjacent to an activating group) is 1. The number of hydrogen-bond acceptors (Lipinski definition) is 6. The number of hydrogen-bond donors (Lipinski definition) is 2. The molecule has 1 saturated heterocycles. The van der Waals surface area contributed by atoms with Crippen molar-refractivity contribution >= 4 is 53.8 Å². The summed E-state index contributed by atoms with van der Waals surface area (Å²) in [7, 11) is -1.39. The van der Waals surface area contributed by atoms with Crippen molar-refractivity contribution in [1.82, 2.24) is 9.29 Å². The molecule has 2 unspecified atom stereocenters. The molecule has 0 spiro atoms. The van der Waals surface area contributed by atoms with E-state index in [0.29, 0.717) is 12.1 Å². The molecule has 2 atom stereocenters. The lowest BCUT2D eigenvalue weighted by Crippen LogP contribution is -3.08. The number of carbonyl (C=O) groups is 1. The molecule has 7 nitrogen and oxygen atoms in total. The van der Waals surface area contributed by atoms with Crippen LogP contribution in [0.5, 0.6) is 0 Å². The van der Waals surface area contributed by atoms with Crippen molar-refractivity contribution in [2.75, 3.05) is 25.5 Å². The number of carbonyl (C=O) groups excluding carboxylic acids is 1. The highest BCUT2D eigenvalue weighted by Crippen LogP contribution is 2.44. The van der Waals surface area contributed by atoms with E-state index in [0.717, 1.165) is 64.6 Å². The van der Waals surface area contributed by atoms with Crippen LogP contribution < -0.4 is 10.2 Å². The van der Waals surface area contributed by atoms with Gasteiger partial charge in [-0.25, -0.2) is 13.4 Å². The number of nitrogens with zero attached hydrogens (tertiary/aromatic N) is 2. The predicted octanol–water partition coefficient (Wildman–Crippen LogP) is 4.41. The second-order valence-electron chi connectivity index (χ2n) is 10.3. The Labute approximate surface area is 231 Å². The SMILES string of the molecule is CC1CCCCN1S(=O)(=O)c1ccc(C(=O)Nc2sc3c(c2-c2nc4ccccc4s2)CC[NH+](C)C3)cc1. The van der Waals surface area contributed by atoms with Gasteiger partial charge in [-0.2, -0.15) is 4.31 Å². The van der Waals surface area contributed by atoms with E-state index in [1.165, 1.54) is 15.3 Å². The van der Waals surface area contributed by atoms with Crippen LogP contribution >= 0.6 is 22.7 Å². The van der Waals surface area contributed by atoms with Gasteiger partial charge in [0.05, 0.1) is 33.6 Å². The number of piperidine rings is 1. The van der Waals surface area contributed by atoms with Crippen LogP contribution in [0.3, 0.4) is 0 Å². The predicted molar refractivity (Wildman–Crippen MR) is 154 cm³/mol. The zero-order valence-electron chi connectivity index (χ0n) is 21.5. The molecule has 0 aliphatic carbocycles. The number of aromatic nitrogens is 1. The molecule has 2 N–H and O–H groups in total. The number of fused-ring (bicyclic) bond motifs is 2. The first-order valence-electron chi connectivity index (χ1n) is 13.1. The lowest BCUT2D eigenvalue weighted by Gasteiger charge is -2.32. The Morgan fingerprint density at radius 3 is 2.66 bits per heavy atom. The third-order valence-corrected chi connectivity index (χ3v) is 11.8. The molecule has 2 aromatic carbocycles. The smallest absolute Gasteiger partial charge is 0.256 e. The first-order valence-corrected chi connectivity index (χ1v) is 16.1. The summed E-state index contributed by atoms with van der Waals surface area (Å²) in [6, 6.07) is 14.4. The Bertz CT molecular complexity index is 1580. The molecule has 198 valence electrons. The number of quaternary nitrogens is 1. The first kappa shape index (κ1) is 25.6. The molecule has 4 aromatic rings. The number of thiophene rings is 1. The van der Waals surface area contributed by atoms with Crippen LogP contribution in [0.15, 0.2) is 53.4 Å². The van der Waals surface area contributed by atoms with Gasteiger partial charge >= 0.3 is 0 Å².